The van der Waals surface area contributed by atoms with Crippen molar-refractivity contribution in [1.82, 2.24) is 9.80 Å². The lowest BCUT2D eigenvalue weighted by atomic mass is 9.99. The predicted molar refractivity (Wildman–Crippen MR) is 67.9 cm³/mol. The Morgan fingerprint density at radius 1 is 1.42 bits per heavy atom. The van der Waals surface area contributed by atoms with E-state index in [0.717, 1.165) is 0 Å². The van der Waals surface area contributed by atoms with Crippen molar-refractivity contribution in [3.63, 3.8) is 0 Å². The molecule has 1 atom stereocenters. The molecule has 0 aromatic heterocycles. The van der Waals surface area contributed by atoms with Crippen molar-refractivity contribution >= 4 is 12.0 Å². The summed E-state index contributed by atoms with van der Waals surface area (Å²) in [4.78, 5) is 26.3. The van der Waals surface area contributed by atoms with Gasteiger partial charge in [-0.05, 0) is 12.8 Å². The van der Waals surface area contributed by atoms with E-state index in [2.05, 4.69) is 0 Å². The van der Waals surface area contributed by atoms with Gasteiger partial charge in [0.1, 0.15) is 0 Å². The van der Waals surface area contributed by atoms with E-state index in [1.165, 1.54) is 4.90 Å². The normalized spacial score (nSPS) is 19.3. The van der Waals surface area contributed by atoms with Gasteiger partial charge in [0.2, 0.25) is 0 Å². The van der Waals surface area contributed by atoms with Gasteiger partial charge in [-0.2, -0.15) is 0 Å². The zero-order valence-corrected chi connectivity index (χ0v) is 11.2. The standard InChI is InChI=1S/C12H22N2O5/c1-19-8-6-13(5-7-15)12(18)14-4-2-3-10(9-14)11(16)17/h10,15H,2-9H2,1H3,(H,16,17). The fourth-order valence-corrected chi connectivity index (χ4v) is 2.18. The molecule has 0 saturated carbocycles. The van der Waals surface area contributed by atoms with Crippen LogP contribution < -0.4 is 0 Å². The molecule has 0 aromatic carbocycles. The number of hydrogen-bond acceptors (Lipinski definition) is 4. The molecule has 7 heteroatoms. The van der Waals surface area contributed by atoms with Crippen molar-refractivity contribution in [2.24, 2.45) is 5.92 Å². The van der Waals surface area contributed by atoms with Crippen LogP contribution in [-0.2, 0) is 9.53 Å². The van der Waals surface area contributed by atoms with Gasteiger partial charge >= 0.3 is 12.0 Å². The predicted octanol–water partition coefficient (Wildman–Crippen LogP) is -0.156. The average Bonchev–Trinajstić information content (AvgIpc) is 2.42. The summed E-state index contributed by atoms with van der Waals surface area (Å²) in [6.45, 7) is 1.70. The third kappa shape index (κ3) is 4.68. The van der Waals surface area contributed by atoms with Gasteiger partial charge in [0.05, 0.1) is 19.1 Å². The summed E-state index contributed by atoms with van der Waals surface area (Å²) in [6.07, 6.45) is 1.30. The number of methoxy groups -OCH3 is 1. The summed E-state index contributed by atoms with van der Waals surface area (Å²) in [5.74, 6) is -1.35. The molecule has 0 aliphatic carbocycles. The minimum atomic E-state index is -0.858. The Bertz CT molecular complexity index is 310. The number of nitrogens with zero attached hydrogens (tertiary/aromatic N) is 2. The van der Waals surface area contributed by atoms with Gasteiger partial charge in [-0.3, -0.25) is 4.79 Å². The number of likely N-dealkylation sites (tertiary alicyclic amines) is 1. The van der Waals surface area contributed by atoms with Crippen molar-refractivity contribution in [1.29, 1.82) is 0 Å². The first-order chi connectivity index (χ1) is 9.10. The van der Waals surface area contributed by atoms with E-state index < -0.39 is 11.9 Å². The Hall–Kier alpha value is -1.34. The number of carbonyl (C=O) groups is 2. The van der Waals surface area contributed by atoms with E-state index in [9.17, 15) is 9.59 Å². The number of piperidine rings is 1. The van der Waals surface area contributed by atoms with E-state index in [1.54, 1.807) is 12.0 Å². The van der Waals surface area contributed by atoms with E-state index in [0.29, 0.717) is 32.5 Å². The number of rotatable bonds is 6. The number of aliphatic carboxylic acids is 1. The third-order valence-electron chi connectivity index (χ3n) is 3.25. The van der Waals surface area contributed by atoms with Crippen LogP contribution in [0.25, 0.3) is 0 Å². The minimum absolute atomic E-state index is 0.119. The number of hydrogen-bond donors (Lipinski definition) is 2. The van der Waals surface area contributed by atoms with Crippen molar-refractivity contribution in [3.05, 3.63) is 0 Å². The quantitative estimate of drug-likeness (QED) is 0.702. The highest BCUT2D eigenvalue weighted by Gasteiger charge is 2.30. The molecule has 2 N–H and O–H groups in total. The zero-order chi connectivity index (χ0) is 14.3. The second-order valence-electron chi connectivity index (χ2n) is 4.61. The molecule has 1 aliphatic heterocycles. The monoisotopic (exact) mass is 274 g/mol. The van der Waals surface area contributed by atoms with Crippen LogP contribution in [0.4, 0.5) is 4.79 Å². The molecule has 1 saturated heterocycles. The van der Waals surface area contributed by atoms with Gasteiger partial charge < -0.3 is 24.7 Å². The number of ether oxygens (including phenoxy) is 1. The van der Waals surface area contributed by atoms with Crippen LogP contribution in [0.3, 0.4) is 0 Å². The molecule has 19 heavy (non-hydrogen) atoms. The summed E-state index contributed by atoms with van der Waals surface area (Å²) >= 11 is 0. The van der Waals surface area contributed by atoms with E-state index >= 15 is 0 Å². The Morgan fingerprint density at radius 3 is 2.74 bits per heavy atom. The lowest BCUT2D eigenvalue weighted by molar-refractivity contribution is -0.143. The molecular formula is C12H22N2O5. The lowest BCUT2D eigenvalue weighted by Crippen LogP contribution is -2.50. The topological polar surface area (TPSA) is 90.3 Å². The number of carbonyl (C=O) groups excluding carboxylic acids is 1. The van der Waals surface area contributed by atoms with Crippen molar-refractivity contribution < 1.29 is 24.5 Å². The van der Waals surface area contributed by atoms with Gasteiger partial charge in [-0.1, -0.05) is 0 Å². The van der Waals surface area contributed by atoms with Crippen LogP contribution in [0, 0.1) is 5.92 Å². The van der Waals surface area contributed by atoms with Gasteiger partial charge in [-0.25, -0.2) is 4.79 Å². The molecule has 1 unspecified atom stereocenters. The second-order valence-corrected chi connectivity index (χ2v) is 4.61. The van der Waals surface area contributed by atoms with Gasteiger partial charge in [0.25, 0.3) is 0 Å². The van der Waals surface area contributed by atoms with Gasteiger partial charge in [0, 0.05) is 33.3 Å². The molecule has 1 rings (SSSR count). The molecule has 0 radical (unpaired) electrons. The Labute approximate surface area is 112 Å². The summed E-state index contributed by atoms with van der Waals surface area (Å²) < 4.78 is 4.93. The first-order valence-electron chi connectivity index (χ1n) is 6.46. The molecule has 1 aliphatic rings. The lowest BCUT2D eigenvalue weighted by Gasteiger charge is -2.35. The number of carboxylic acid groups (broad SMARTS) is 1. The Morgan fingerprint density at radius 2 is 2.16 bits per heavy atom. The molecule has 2 amide bonds. The van der Waals surface area contributed by atoms with Gasteiger partial charge in [0.15, 0.2) is 0 Å². The van der Waals surface area contributed by atoms with Crippen LogP contribution in [0.1, 0.15) is 12.8 Å². The SMILES string of the molecule is COCCN(CCO)C(=O)N1CCCC(C(=O)O)C1. The minimum Gasteiger partial charge on any atom is -0.481 e. The van der Waals surface area contributed by atoms with Gasteiger partial charge in [-0.15, -0.1) is 0 Å². The molecule has 0 spiro atoms. The van der Waals surface area contributed by atoms with E-state index in [1.807, 2.05) is 0 Å². The highest BCUT2D eigenvalue weighted by Crippen LogP contribution is 2.17. The zero-order valence-electron chi connectivity index (χ0n) is 11.2. The highest BCUT2D eigenvalue weighted by atomic mass is 16.5. The molecular weight excluding hydrogens is 252 g/mol. The smallest absolute Gasteiger partial charge is 0.320 e. The fourth-order valence-electron chi connectivity index (χ4n) is 2.18. The second kappa shape index (κ2) is 7.96. The number of carboxylic acids is 1. The van der Waals surface area contributed by atoms with Crippen molar-refractivity contribution in [2.75, 3.05) is 46.5 Å². The summed E-state index contributed by atoms with van der Waals surface area (Å²) in [6, 6.07) is -0.225. The maximum atomic E-state index is 12.3. The summed E-state index contributed by atoms with van der Waals surface area (Å²) in [7, 11) is 1.54. The molecule has 0 aromatic rings. The van der Waals surface area contributed by atoms with Crippen LogP contribution >= 0.6 is 0 Å². The largest absolute Gasteiger partial charge is 0.481 e. The first-order valence-corrected chi connectivity index (χ1v) is 6.46. The first kappa shape index (κ1) is 15.7. The van der Waals surface area contributed by atoms with Crippen LogP contribution in [0.2, 0.25) is 0 Å². The number of urea groups is 1. The maximum Gasteiger partial charge on any atom is 0.320 e. The summed E-state index contributed by atoms with van der Waals surface area (Å²) in [5.41, 5.74) is 0. The third-order valence-corrected chi connectivity index (χ3v) is 3.25. The maximum absolute atomic E-state index is 12.3. The molecule has 7 nitrogen and oxygen atoms in total. The average molecular weight is 274 g/mol. The summed E-state index contributed by atoms with van der Waals surface area (Å²) in [5, 5.41) is 18.0. The van der Waals surface area contributed by atoms with Crippen LogP contribution in [0.15, 0.2) is 0 Å². The highest BCUT2D eigenvalue weighted by molar-refractivity contribution is 5.76. The molecule has 1 heterocycles. The number of amides is 2. The molecule has 1 fully saturated rings. The van der Waals surface area contributed by atoms with Crippen molar-refractivity contribution in [3.8, 4) is 0 Å². The number of aliphatic hydroxyl groups excluding tert-OH is 1. The van der Waals surface area contributed by atoms with E-state index in [-0.39, 0.29) is 25.7 Å². The molecule has 110 valence electrons. The molecule has 0 bridgehead atoms. The van der Waals surface area contributed by atoms with Crippen LogP contribution in [0.5, 0.6) is 0 Å². The van der Waals surface area contributed by atoms with E-state index in [4.69, 9.17) is 14.9 Å². The fraction of sp³-hybridized carbons (Fsp3) is 0.833. The van der Waals surface area contributed by atoms with Crippen molar-refractivity contribution in [2.45, 2.75) is 12.8 Å². The van der Waals surface area contributed by atoms with Crippen LogP contribution in [-0.4, -0.2) is 78.5 Å². The Balaban J connectivity index is 2.59. The Kier molecular flexibility index (Phi) is 6.58. The number of aliphatic hydroxyl groups is 1.